The van der Waals surface area contributed by atoms with Crippen LogP contribution < -0.4 is 0 Å². The minimum atomic E-state index is -0.739. The van der Waals surface area contributed by atoms with Gasteiger partial charge in [0, 0.05) is 26.7 Å². The predicted molar refractivity (Wildman–Crippen MR) is 87.3 cm³/mol. The number of rotatable bonds is 10. The van der Waals surface area contributed by atoms with Crippen LogP contribution in [0.25, 0.3) is 0 Å². The molecule has 0 radical (unpaired) electrons. The molecule has 0 heterocycles. The molecule has 0 aromatic carbocycles. The minimum Gasteiger partial charge on any atom is -0.462 e. The molecule has 2 atom stereocenters. The zero-order valence-electron chi connectivity index (χ0n) is 14.7. The normalized spacial score (nSPS) is 13.5. The molecule has 0 bridgehead atoms. The molecule has 24 heavy (non-hydrogen) atoms. The van der Waals surface area contributed by atoms with Crippen molar-refractivity contribution in [3.63, 3.8) is 0 Å². The summed E-state index contributed by atoms with van der Waals surface area (Å²) in [7, 11) is 0. The predicted octanol–water partition coefficient (Wildman–Crippen LogP) is 2.94. The van der Waals surface area contributed by atoms with Crippen LogP contribution in [0.15, 0.2) is 24.3 Å². The number of ether oxygens (including phenoxy) is 4. The number of carbonyl (C=O) groups excluding carboxylic acids is 3. The Bertz CT molecular complexity index is 414. The highest BCUT2D eigenvalue weighted by Gasteiger charge is 2.12. The molecule has 136 valence electrons. The molecule has 0 aromatic rings. The summed E-state index contributed by atoms with van der Waals surface area (Å²) in [4.78, 5) is 32.7. The van der Waals surface area contributed by atoms with Crippen LogP contribution >= 0.6 is 0 Å². The fourth-order valence-corrected chi connectivity index (χ4v) is 1.50. The highest BCUT2D eigenvalue weighted by molar-refractivity contribution is 5.66. The fourth-order valence-electron chi connectivity index (χ4n) is 1.50. The molecular weight excluding hydrogens is 316 g/mol. The highest BCUT2D eigenvalue weighted by atomic mass is 16.7. The van der Waals surface area contributed by atoms with Gasteiger partial charge in [0.05, 0.1) is 0 Å². The molecule has 0 amide bonds. The SMILES string of the molecule is CC(=O)OC/C=C/CC(C)OC(=O)OC(C)C/C=C/COC(C)=O. The Hall–Kier alpha value is -2.31. The van der Waals surface area contributed by atoms with E-state index in [9.17, 15) is 14.4 Å². The summed E-state index contributed by atoms with van der Waals surface area (Å²) in [6, 6.07) is 0. The topological polar surface area (TPSA) is 88.1 Å². The molecule has 0 aromatic heterocycles. The van der Waals surface area contributed by atoms with E-state index in [0.29, 0.717) is 12.8 Å². The summed E-state index contributed by atoms with van der Waals surface area (Å²) in [5.74, 6) is -0.688. The second-order valence-electron chi connectivity index (χ2n) is 5.13. The van der Waals surface area contributed by atoms with E-state index in [0.717, 1.165) is 0 Å². The van der Waals surface area contributed by atoms with E-state index in [-0.39, 0.29) is 37.4 Å². The van der Waals surface area contributed by atoms with Crippen LogP contribution in [-0.4, -0.2) is 43.5 Å². The zero-order valence-corrected chi connectivity index (χ0v) is 14.7. The van der Waals surface area contributed by atoms with Gasteiger partial charge in [-0.3, -0.25) is 9.59 Å². The summed E-state index contributed by atoms with van der Waals surface area (Å²) >= 11 is 0. The van der Waals surface area contributed by atoms with Crippen molar-refractivity contribution in [3.05, 3.63) is 24.3 Å². The van der Waals surface area contributed by atoms with Crippen molar-refractivity contribution in [2.75, 3.05) is 13.2 Å². The molecule has 0 saturated carbocycles. The maximum atomic E-state index is 11.6. The van der Waals surface area contributed by atoms with Crippen LogP contribution in [0.5, 0.6) is 0 Å². The lowest BCUT2D eigenvalue weighted by molar-refractivity contribution is -0.140. The van der Waals surface area contributed by atoms with Crippen LogP contribution in [0.4, 0.5) is 4.79 Å². The third-order valence-electron chi connectivity index (χ3n) is 2.63. The van der Waals surface area contributed by atoms with E-state index in [2.05, 4.69) is 0 Å². The van der Waals surface area contributed by atoms with Crippen molar-refractivity contribution in [1.29, 1.82) is 0 Å². The Labute approximate surface area is 142 Å². The first-order valence-electron chi connectivity index (χ1n) is 7.75. The third kappa shape index (κ3) is 14.6. The Morgan fingerprint density at radius 1 is 0.750 bits per heavy atom. The van der Waals surface area contributed by atoms with E-state index in [1.807, 2.05) is 0 Å². The first kappa shape index (κ1) is 21.7. The molecule has 0 aliphatic rings. The second kappa shape index (κ2) is 13.2. The summed E-state index contributed by atoms with van der Waals surface area (Å²) in [5, 5.41) is 0. The van der Waals surface area contributed by atoms with Crippen molar-refractivity contribution >= 4 is 18.1 Å². The van der Waals surface area contributed by atoms with E-state index >= 15 is 0 Å². The van der Waals surface area contributed by atoms with E-state index in [1.165, 1.54) is 13.8 Å². The van der Waals surface area contributed by atoms with Gasteiger partial charge < -0.3 is 18.9 Å². The Balaban J connectivity index is 3.85. The smallest absolute Gasteiger partial charge is 0.462 e. The van der Waals surface area contributed by atoms with Gasteiger partial charge in [0.1, 0.15) is 25.4 Å². The lowest BCUT2D eigenvalue weighted by atomic mass is 10.2. The number of carbonyl (C=O) groups is 3. The van der Waals surface area contributed by atoms with Crippen molar-refractivity contribution in [2.45, 2.75) is 52.7 Å². The summed E-state index contributed by atoms with van der Waals surface area (Å²) in [6.45, 7) is 6.54. The van der Waals surface area contributed by atoms with Crippen LogP contribution in [0.3, 0.4) is 0 Å². The van der Waals surface area contributed by atoms with Crippen LogP contribution in [0, 0.1) is 0 Å². The monoisotopic (exact) mass is 342 g/mol. The largest absolute Gasteiger partial charge is 0.508 e. The standard InChI is InChI=1S/C17H26O7/c1-13(9-5-7-11-21-15(3)18)23-17(20)24-14(2)10-6-8-12-22-16(4)19/h5-8,13-14H,9-12H2,1-4H3/b7-5+,8-6+. The van der Waals surface area contributed by atoms with Gasteiger partial charge in [-0.1, -0.05) is 24.3 Å². The fraction of sp³-hybridized carbons (Fsp3) is 0.588. The van der Waals surface area contributed by atoms with Gasteiger partial charge in [0.2, 0.25) is 0 Å². The van der Waals surface area contributed by atoms with Crippen LogP contribution in [0.1, 0.15) is 40.5 Å². The van der Waals surface area contributed by atoms with E-state index in [1.54, 1.807) is 38.2 Å². The molecule has 0 rings (SSSR count). The minimum absolute atomic E-state index is 0.198. The number of hydrogen-bond acceptors (Lipinski definition) is 7. The molecule has 0 fully saturated rings. The first-order valence-corrected chi connectivity index (χ1v) is 7.75. The Morgan fingerprint density at radius 2 is 1.12 bits per heavy atom. The van der Waals surface area contributed by atoms with Gasteiger partial charge in [-0.15, -0.1) is 0 Å². The molecule has 0 aliphatic carbocycles. The molecule has 0 spiro atoms. The number of esters is 2. The van der Waals surface area contributed by atoms with Crippen molar-refractivity contribution < 1.29 is 33.3 Å². The maximum Gasteiger partial charge on any atom is 0.508 e. The van der Waals surface area contributed by atoms with Gasteiger partial charge >= 0.3 is 18.1 Å². The molecule has 0 N–H and O–H groups in total. The molecular formula is C17H26O7. The molecule has 0 saturated heterocycles. The zero-order chi connectivity index (χ0) is 18.4. The lowest BCUT2D eigenvalue weighted by Gasteiger charge is -2.14. The van der Waals surface area contributed by atoms with Gasteiger partial charge in [-0.25, -0.2) is 4.79 Å². The second-order valence-corrected chi connectivity index (χ2v) is 5.13. The highest BCUT2D eigenvalue weighted by Crippen LogP contribution is 2.05. The summed E-state index contributed by atoms with van der Waals surface area (Å²) in [5.41, 5.74) is 0. The maximum absolute atomic E-state index is 11.6. The molecule has 7 heteroatoms. The van der Waals surface area contributed by atoms with Crippen molar-refractivity contribution in [1.82, 2.24) is 0 Å². The molecule has 2 unspecified atom stereocenters. The van der Waals surface area contributed by atoms with E-state index in [4.69, 9.17) is 18.9 Å². The summed E-state index contributed by atoms with van der Waals surface area (Å²) < 4.78 is 19.7. The van der Waals surface area contributed by atoms with Crippen LogP contribution in [0.2, 0.25) is 0 Å². The van der Waals surface area contributed by atoms with E-state index < -0.39 is 6.16 Å². The van der Waals surface area contributed by atoms with Gasteiger partial charge in [-0.05, 0) is 13.8 Å². The average molecular weight is 342 g/mol. The lowest BCUT2D eigenvalue weighted by Crippen LogP contribution is -2.20. The molecule has 0 aliphatic heterocycles. The quantitative estimate of drug-likeness (QED) is 0.342. The van der Waals surface area contributed by atoms with Gasteiger partial charge in [0.25, 0.3) is 0 Å². The van der Waals surface area contributed by atoms with Crippen LogP contribution in [-0.2, 0) is 28.5 Å². The van der Waals surface area contributed by atoms with Crippen molar-refractivity contribution in [2.24, 2.45) is 0 Å². The Kier molecular flexibility index (Phi) is 11.9. The number of hydrogen-bond donors (Lipinski definition) is 0. The van der Waals surface area contributed by atoms with Gasteiger partial charge in [-0.2, -0.15) is 0 Å². The van der Waals surface area contributed by atoms with Gasteiger partial charge in [0.15, 0.2) is 0 Å². The van der Waals surface area contributed by atoms with Crippen molar-refractivity contribution in [3.8, 4) is 0 Å². The third-order valence-corrected chi connectivity index (χ3v) is 2.63. The first-order chi connectivity index (χ1) is 11.3. The molecule has 7 nitrogen and oxygen atoms in total. The average Bonchev–Trinajstić information content (AvgIpc) is 2.45. The summed E-state index contributed by atoms with van der Waals surface area (Å²) in [6.07, 6.45) is 6.45. The Morgan fingerprint density at radius 3 is 1.46 bits per heavy atom.